The summed E-state index contributed by atoms with van der Waals surface area (Å²) in [6.45, 7) is 7.22. The van der Waals surface area contributed by atoms with Crippen LogP contribution in [0.5, 0.6) is 0 Å². The maximum absolute atomic E-state index is 13.1. The van der Waals surface area contributed by atoms with Gasteiger partial charge in [0, 0.05) is 4.47 Å². The second kappa shape index (κ2) is 7.34. The average Bonchev–Trinajstić information content (AvgIpc) is 2.44. The van der Waals surface area contributed by atoms with Gasteiger partial charge >= 0.3 is 0 Å². The Balaban J connectivity index is 2.48. The Morgan fingerprint density at radius 1 is 1.31 bits per heavy atom. The molecule has 0 saturated heterocycles. The van der Waals surface area contributed by atoms with Crippen molar-refractivity contribution in [1.82, 2.24) is 4.72 Å². The van der Waals surface area contributed by atoms with Crippen molar-refractivity contribution in [3.05, 3.63) is 34.3 Å². The van der Waals surface area contributed by atoms with Crippen LogP contribution in [0.4, 0.5) is 0 Å². The van der Waals surface area contributed by atoms with E-state index in [4.69, 9.17) is 0 Å². The van der Waals surface area contributed by atoms with Gasteiger partial charge in [-0.2, -0.15) is 5.26 Å². The lowest BCUT2D eigenvalue weighted by atomic mass is 9.86. The lowest BCUT2D eigenvalue weighted by Crippen LogP contribution is -2.55. The number of halogens is 1. The molecule has 1 aromatic rings. The highest BCUT2D eigenvalue weighted by Gasteiger charge is 2.52. The molecule has 0 radical (unpaired) electrons. The van der Waals surface area contributed by atoms with Crippen LogP contribution >= 0.6 is 15.9 Å². The van der Waals surface area contributed by atoms with Crippen LogP contribution in [0, 0.1) is 11.3 Å². The molecule has 2 rings (SSSR count). The van der Waals surface area contributed by atoms with Gasteiger partial charge in [-0.15, -0.1) is 0 Å². The molecule has 1 saturated carbocycles. The monoisotopic (exact) mass is 460 g/mol. The minimum absolute atomic E-state index is 0.286. The summed E-state index contributed by atoms with van der Waals surface area (Å²) in [6, 6.07) is 9.32. The smallest absolute Gasteiger partial charge is 0.171 e. The Morgan fingerprint density at radius 3 is 2.35 bits per heavy atom. The summed E-state index contributed by atoms with van der Waals surface area (Å²) < 4.78 is 40.9. The minimum atomic E-state index is -3.72. The number of nitriles is 1. The quantitative estimate of drug-likeness (QED) is 0.702. The van der Waals surface area contributed by atoms with Crippen molar-refractivity contribution >= 4 is 36.8 Å². The number of rotatable bonds is 6. The zero-order valence-corrected chi connectivity index (χ0v) is 18.7. The molecule has 0 bridgehead atoms. The number of nitrogens with one attached hydrogen (secondary N) is 1. The summed E-state index contributed by atoms with van der Waals surface area (Å²) in [5, 5.41) is 9.48. The van der Waals surface area contributed by atoms with E-state index in [9.17, 15) is 17.9 Å². The third kappa shape index (κ3) is 4.22. The zero-order valence-electron chi connectivity index (χ0n) is 15.5. The van der Waals surface area contributed by atoms with Crippen LogP contribution in [0.25, 0.3) is 0 Å². The van der Waals surface area contributed by atoms with E-state index in [0.29, 0.717) is 18.4 Å². The molecule has 26 heavy (non-hydrogen) atoms. The largest absolute Gasteiger partial charge is 0.242 e. The first kappa shape index (κ1) is 21.5. The van der Waals surface area contributed by atoms with Gasteiger partial charge in [-0.25, -0.2) is 17.3 Å². The van der Waals surface area contributed by atoms with Crippen LogP contribution in [0.15, 0.2) is 28.7 Å². The second-order valence-electron chi connectivity index (χ2n) is 8.04. The highest BCUT2D eigenvalue weighted by molar-refractivity contribution is 9.10. The van der Waals surface area contributed by atoms with Crippen molar-refractivity contribution in [1.29, 1.82) is 5.26 Å². The summed E-state index contributed by atoms with van der Waals surface area (Å²) in [5.41, 5.74) is -0.374. The van der Waals surface area contributed by atoms with Gasteiger partial charge in [0.2, 0.25) is 0 Å². The van der Waals surface area contributed by atoms with Gasteiger partial charge in [0.05, 0.1) is 33.1 Å². The SMILES string of the molecule is CC(C)(C)[S@@](=O)N[C@@](C)(CS(=O)(=O)C1(C#N)CCC1)c1cccc(Br)c1. The maximum Gasteiger partial charge on any atom is 0.171 e. The third-order valence-electron chi connectivity index (χ3n) is 4.77. The van der Waals surface area contributed by atoms with Gasteiger partial charge in [-0.1, -0.05) is 28.1 Å². The van der Waals surface area contributed by atoms with E-state index in [-0.39, 0.29) is 5.75 Å². The molecule has 1 aliphatic carbocycles. The van der Waals surface area contributed by atoms with Crippen molar-refractivity contribution in [3.63, 3.8) is 0 Å². The highest BCUT2D eigenvalue weighted by Crippen LogP contribution is 2.41. The first-order valence-electron chi connectivity index (χ1n) is 8.45. The molecule has 0 heterocycles. The molecule has 5 nitrogen and oxygen atoms in total. The average molecular weight is 461 g/mol. The Hall–Kier alpha value is -0.750. The molecular weight excluding hydrogens is 436 g/mol. The first-order chi connectivity index (χ1) is 11.9. The van der Waals surface area contributed by atoms with E-state index < -0.39 is 35.9 Å². The Morgan fingerprint density at radius 2 is 1.92 bits per heavy atom. The number of hydrogen-bond acceptors (Lipinski definition) is 4. The number of hydrogen-bond donors (Lipinski definition) is 1. The summed E-state index contributed by atoms with van der Waals surface area (Å²) >= 11 is 3.41. The Kier molecular flexibility index (Phi) is 6.09. The molecule has 1 N–H and O–H groups in total. The molecule has 1 aliphatic rings. The molecule has 0 amide bonds. The van der Waals surface area contributed by atoms with Gasteiger partial charge in [-0.05, 0) is 64.7 Å². The molecule has 1 aromatic carbocycles. The summed E-state index contributed by atoms with van der Waals surface area (Å²) in [4.78, 5) is 0. The highest BCUT2D eigenvalue weighted by atomic mass is 79.9. The number of nitrogens with zero attached hydrogens (tertiary/aromatic N) is 1. The molecule has 0 aromatic heterocycles. The zero-order chi connectivity index (χ0) is 19.8. The Labute approximate surface area is 167 Å². The standard InChI is InChI=1S/C18H25BrN2O3S2/c1-16(2,3)25(22)21-17(4,14-7-5-8-15(19)11-14)13-26(23,24)18(12-20)9-6-10-18/h5,7-8,11,21H,6,9-10,13H2,1-4H3/t17-,25+/m0/s1. The summed E-state index contributed by atoms with van der Waals surface area (Å²) in [7, 11) is -5.19. The van der Waals surface area contributed by atoms with Gasteiger partial charge in [0.25, 0.3) is 0 Å². The molecule has 2 atom stereocenters. The van der Waals surface area contributed by atoms with Crippen molar-refractivity contribution < 1.29 is 12.6 Å². The normalized spacial score (nSPS) is 20.5. The summed E-state index contributed by atoms with van der Waals surface area (Å²) in [6.07, 6.45) is 1.47. The predicted octanol–water partition coefficient (Wildman–Crippen LogP) is 3.58. The fourth-order valence-corrected chi connectivity index (χ4v) is 6.59. The van der Waals surface area contributed by atoms with E-state index in [2.05, 4.69) is 20.7 Å². The maximum atomic E-state index is 13.1. The molecule has 8 heteroatoms. The van der Waals surface area contributed by atoms with Crippen LogP contribution < -0.4 is 4.72 Å². The van der Waals surface area contributed by atoms with Gasteiger partial charge in [0.15, 0.2) is 14.6 Å². The van der Waals surface area contributed by atoms with Crippen LogP contribution in [0.1, 0.15) is 52.5 Å². The Bertz CT molecular complexity index is 852. The van der Waals surface area contributed by atoms with Gasteiger partial charge < -0.3 is 0 Å². The van der Waals surface area contributed by atoms with Crippen molar-refractivity contribution in [2.45, 2.75) is 62.0 Å². The fourth-order valence-electron chi connectivity index (χ4n) is 2.87. The summed E-state index contributed by atoms with van der Waals surface area (Å²) in [5.74, 6) is -0.286. The van der Waals surface area contributed by atoms with Gasteiger partial charge in [-0.3, -0.25) is 0 Å². The van der Waals surface area contributed by atoms with Crippen LogP contribution in [0.2, 0.25) is 0 Å². The minimum Gasteiger partial charge on any atom is -0.242 e. The van der Waals surface area contributed by atoms with Crippen molar-refractivity contribution in [2.24, 2.45) is 0 Å². The van der Waals surface area contributed by atoms with Gasteiger partial charge in [0.1, 0.15) is 0 Å². The van der Waals surface area contributed by atoms with E-state index in [1.54, 1.807) is 6.92 Å². The molecule has 0 spiro atoms. The van der Waals surface area contributed by atoms with Crippen molar-refractivity contribution in [3.8, 4) is 6.07 Å². The number of sulfone groups is 1. The van der Waals surface area contributed by atoms with E-state index in [0.717, 1.165) is 10.9 Å². The fraction of sp³-hybridized carbons (Fsp3) is 0.611. The molecule has 0 unspecified atom stereocenters. The lowest BCUT2D eigenvalue weighted by molar-refractivity contribution is 0.395. The predicted molar refractivity (Wildman–Crippen MR) is 109 cm³/mol. The molecular formula is C18H25BrN2O3S2. The first-order valence-corrected chi connectivity index (χ1v) is 12.0. The van der Waals surface area contributed by atoms with Crippen LogP contribution in [0.3, 0.4) is 0 Å². The van der Waals surface area contributed by atoms with E-state index in [1.807, 2.05) is 51.1 Å². The molecule has 1 fully saturated rings. The van der Waals surface area contributed by atoms with E-state index in [1.165, 1.54) is 0 Å². The second-order valence-corrected chi connectivity index (χ2v) is 13.2. The lowest BCUT2D eigenvalue weighted by Gasteiger charge is -2.39. The van der Waals surface area contributed by atoms with Crippen LogP contribution in [-0.4, -0.2) is 27.9 Å². The van der Waals surface area contributed by atoms with Crippen LogP contribution in [-0.2, 0) is 26.4 Å². The van der Waals surface area contributed by atoms with E-state index >= 15 is 0 Å². The topological polar surface area (TPSA) is 87.0 Å². The number of benzene rings is 1. The third-order valence-corrected chi connectivity index (χ3v) is 9.66. The molecule has 0 aliphatic heterocycles. The molecule has 144 valence electrons. The van der Waals surface area contributed by atoms with Crippen molar-refractivity contribution in [2.75, 3.05) is 5.75 Å².